The summed E-state index contributed by atoms with van der Waals surface area (Å²) >= 11 is 0. The van der Waals surface area contributed by atoms with Crippen LogP contribution in [0.15, 0.2) is 24.3 Å². The van der Waals surface area contributed by atoms with Crippen LogP contribution in [-0.2, 0) is 16.0 Å². The molecule has 4 atom stereocenters. The van der Waals surface area contributed by atoms with Crippen molar-refractivity contribution < 1.29 is 4.84 Å². The van der Waals surface area contributed by atoms with Crippen LogP contribution < -0.4 is 11.2 Å². The van der Waals surface area contributed by atoms with E-state index in [1.165, 1.54) is 24.0 Å². The smallest absolute Gasteiger partial charge is 0.0989 e. The monoisotopic (exact) mass is 322 g/mol. The molecule has 2 aliphatic carbocycles. The minimum absolute atomic E-state index is 0.0341. The lowest BCUT2D eigenvalue weighted by atomic mass is 9.54. The molecule has 0 amide bonds. The maximum Gasteiger partial charge on any atom is 0.0989 e. The Kier molecular flexibility index (Phi) is 3.54. The number of rotatable bonds is 1. The van der Waals surface area contributed by atoms with Crippen molar-refractivity contribution in [3.63, 3.8) is 0 Å². The van der Waals surface area contributed by atoms with Crippen LogP contribution in [0.1, 0.15) is 37.3 Å². The number of hydrogen-bond donors (Lipinski definition) is 2. The zero-order chi connectivity index (χ0) is 14.5. The van der Waals surface area contributed by atoms with E-state index in [2.05, 4.69) is 36.5 Å². The quantitative estimate of drug-likeness (QED) is 0.614. The summed E-state index contributed by atoms with van der Waals surface area (Å²) in [5, 5.41) is 3.78. The third-order valence-corrected chi connectivity index (χ3v) is 8.93. The van der Waals surface area contributed by atoms with Gasteiger partial charge in [-0.05, 0) is 30.4 Å². The fourth-order valence-corrected chi connectivity index (χ4v) is 8.36. The van der Waals surface area contributed by atoms with Gasteiger partial charge in [-0.1, -0.05) is 59.2 Å². The number of nitrogens with two attached hydrogens (primary N) is 1. The summed E-state index contributed by atoms with van der Waals surface area (Å²) in [6.45, 7) is 2.45. The molecule has 4 rings (SSSR count). The largest absolute Gasteiger partial charge is 0.303 e. The first-order valence-corrected chi connectivity index (χ1v) is 10.0. The molecule has 1 aromatic rings. The van der Waals surface area contributed by atoms with Crippen LogP contribution in [0.2, 0.25) is 0 Å². The van der Waals surface area contributed by atoms with Gasteiger partial charge < -0.3 is 5.32 Å². The molecule has 21 heavy (non-hydrogen) atoms. The Labute approximate surface area is 134 Å². The molecule has 1 heterocycles. The summed E-state index contributed by atoms with van der Waals surface area (Å²) < 4.78 is -0.0341. The number of benzene rings is 1. The van der Waals surface area contributed by atoms with Gasteiger partial charge in [0.1, 0.15) is 0 Å². The molecule has 0 aromatic heterocycles. The molecule has 3 aliphatic rings. The first-order chi connectivity index (χ1) is 10.2. The Balaban J connectivity index is 1.99. The van der Waals surface area contributed by atoms with Crippen molar-refractivity contribution in [2.75, 3.05) is 5.88 Å². The van der Waals surface area contributed by atoms with E-state index in [1.807, 2.05) is 21.6 Å². The van der Waals surface area contributed by atoms with Gasteiger partial charge in [0, 0.05) is 11.5 Å². The predicted octanol–water partition coefficient (Wildman–Crippen LogP) is 3.20. The van der Waals surface area contributed by atoms with E-state index >= 15 is 0 Å². The van der Waals surface area contributed by atoms with E-state index in [4.69, 9.17) is 10.7 Å². The highest BCUT2D eigenvalue weighted by Gasteiger charge is 2.64. The highest BCUT2D eigenvalue weighted by molar-refractivity contribution is 8.77. The maximum atomic E-state index is 5.76. The van der Waals surface area contributed by atoms with Crippen LogP contribution in [0.5, 0.6) is 0 Å². The third kappa shape index (κ3) is 1.81. The van der Waals surface area contributed by atoms with E-state index < -0.39 is 0 Å². The standard InChI is InChI=1S/C16H22N2OS2/c1-15-8-4-7-14(19-17)16(15)12-6-3-2-5-11(12)9-13(15)18-10-20-21-16/h2-3,5-6,13-14,18H,4,7-10,17H2,1H3. The van der Waals surface area contributed by atoms with Gasteiger partial charge >= 0.3 is 0 Å². The van der Waals surface area contributed by atoms with Crippen LogP contribution in [0, 0.1) is 5.41 Å². The molecule has 1 saturated heterocycles. The summed E-state index contributed by atoms with van der Waals surface area (Å²) in [7, 11) is 3.91. The summed E-state index contributed by atoms with van der Waals surface area (Å²) in [4.78, 5) is 5.55. The van der Waals surface area contributed by atoms with Crippen molar-refractivity contribution in [1.82, 2.24) is 5.32 Å². The minimum atomic E-state index is -0.0341. The van der Waals surface area contributed by atoms with Crippen molar-refractivity contribution in [1.29, 1.82) is 0 Å². The van der Waals surface area contributed by atoms with Crippen LogP contribution in [0.25, 0.3) is 0 Å². The summed E-state index contributed by atoms with van der Waals surface area (Å²) in [6.07, 6.45) is 4.71. The second-order valence-electron chi connectivity index (χ2n) is 6.63. The second-order valence-corrected chi connectivity index (χ2v) is 9.18. The van der Waals surface area contributed by atoms with Gasteiger partial charge in [-0.25, -0.2) is 5.90 Å². The number of hydrogen-bond acceptors (Lipinski definition) is 5. The van der Waals surface area contributed by atoms with Crippen molar-refractivity contribution in [2.24, 2.45) is 11.3 Å². The first-order valence-electron chi connectivity index (χ1n) is 7.70. The molecule has 0 radical (unpaired) electrons. The van der Waals surface area contributed by atoms with Gasteiger partial charge in [0.05, 0.1) is 16.7 Å². The Hall–Kier alpha value is -0.200. The van der Waals surface area contributed by atoms with Gasteiger partial charge in [-0.2, -0.15) is 0 Å². The Morgan fingerprint density at radius 3 is 3.10 bits per heavy atom. The van der Waals surface area contributed by atoms with Gasteiger partial charge in [-0.3, -0.25) is 4.84 Å². The zero-order valence-electron chi connectivity index (χ0n) is 12.3. The highest BCUT2D eigenvalue weighted by atomic mass is 33.1. The number of nitrogens with one attached hydrogen (secondary N) is 1. The minimum Gasteiger partial charge on any atom is -0.303 e. The van der Waals surface area contributed by atoms with Crippen LogP contribution in [0.3, 0.4) is 0 Å². The van der Waals surface area contributed by atoms with Crippen molar-refractivity contribution >= 4 is 21.6 Å². The second kappa shape index (κ2) is 5.17. The molecule has 3 N–H and O–H groups in total. The van der Waals surface area contributed by atoms with Gasteiger partial charge in [0.15, 0.2) is 0 Å². The summed E-state index contributed by atoms with van der Waals surface area (Å²) in [5.74, 6) is 6.76. The molecule has 5 heteroatoms. The topological polar surface area (TPSA) is 47.3 Å². The van der Waals surface area contributed by atoms with Crippen molar-refractivity contribution in [3.05, 3.63) is 35.4 Å². The molecule has 3 nitrogen and oxygen atoms in total. The molecule has 4 unspecified atom stereocenters. The van der Waals surface area contributed by atoms with E-state index in [1.54, 1.807) is 0 Å². The Bertz CT molecular complexity index is 555. The molecule has 2 bridgehead atoms. The van der Waals surface area contributed by atoms with E-state index in [0.29, 0.717) is 6.04 Å². The lowest BCUT2D eigenvalue weighted by Crippen LogP contribution is -2.64. The molecular weight excluding hydrogens is 300 g/mol. The third-order valence-electron chi connectivity index (χ3n) is 5.82. The first kappa shape index (κ1) is 14.4. The van der Waals surface area contributed by atoms with Crippen molar-refractivity contribution in [3.8, 4) is 0 Å². The van der Waals surface area contributed by atoms with Gasteiger partial charge in [0.2, 0.25) is 0 Å². The maximum absolute atomic E-state index is 5.76. The van der Waals surface area contributed by atoms with Crippen LogP contribution >= 0.6 is 21.6 Å². The zero-order valence-corrected chi connectivity index (χ0v) is 13.9. The van der Waals surface area contributed by atoms with E-state index in [0.717, 1.165) is 18.7 Å². The van der Waals surface area contributed by atoms with E-state index in [-0.39, 0.29) is 16.3 Å². The highest BCUT2D eigenvalue weighted by Crippen LogP contribution is 2.67. The summed E-state index contributed by atoms with van der Waals surface area (Å²) in [6, 6.07) is 9.42. The predicted molar refractivity (Wildman–Crippen MR) is 89.8 cm³/mol. The molecule has 2 fully saturated rings. The lowest BCUT2D eigenvalue weighted by Gasteiger charge is -2.59. The van der Waals surface area contributed by atoms with Crippen molar-refractivity contribution in [2.45, 2.75) is 49.5 Å². The molecule has 1 aromatic carbocycles. The van der Waals surface area contributed by atoms with Crippen LogP contribution in [0.4, 0.5) is 0 Å². The molecule has 0 spiro atoms. The Morgan fingerprint density at radius 2 is 2.24 bits per heavy atom. The molecule has 1 saturated carbocycles. The Morgan fingerprint density at radius 1 is 1.38 bits per heavy atom. The lowest BCUT2D eigenvalue weighted by molar-refractivity contribution is -0.0666. The SMILES string of the molecule is CC12CCCC(ON)C13SSCNC2Cc1ccccc13. The number of fused-ring (bicyclic) bond motifs is 1. The normalized spacial score (nSPS) is 41.8. The fraction of sp³-hybridized carbons (Fsp3) is 0.625. The average molecular weight is 322 g/mol. The molecular formula is C16H22N2OS2. The molecule has 1 aliphatic heterocycles. The fourth-order valence-electron chi connectivity index (χ4n) is 4.74. The van der Waals surface area contributed by atoms with Gasteiger partial charge in [0.25, 0.3) is 0 Å². The molecule has 114 valence electrons. The van der Waals surface area contributed by atoms with Crippen LogP contribution in [-0.4, -0.2) is 18.0 Å². The van der Waals surface area contributed by atoms with Gasteiger partial charge in [-0.15, -0.1) is 0 Å². The van der Waals surface area contributed by atoms with E-state index in [9.17, 15) is 0 Å². The summed E-state index contributed by atoms with van der Waals surface area (Å²) in [5.41, 5.74) is 3.11. The average Bonchev–Trinajstić information content (AvgIpc) is 2.59.